The average molecular weight is 283 g/mol. The summed E-state index contributed by atoms with van der Waals surface area (Å²) in [5.41, 5.74) is 5.66. The molecule has 0 radical (unpaired) electrons. The smallest absolute Gasteiger partial charge is 0.401 e. The van der Waals surface area contributed by atoms with Gasteiger partial charge in [-0.05, 0) is 6.92 Å². The zero-order valence-electron chi connectivity index (χ0n) is 10.9. The van der Waals surface area contributed by atoms with E-state index in [-0.39, 0.29) is 6.61 Å². The van der Waals surface area contributed by atoms with Gasteiger partial charge in [0.05, 0.1) is 13.2 Å². The number of rotatable bonds is 5. The second-order valence-corrected chi connectivity index (χ2v) is 4.55. The molecule has 2 N–H and O–H groups in total. The van der Waals surface area contributed by atoms with Gasteiger partial charge in [-0.2, -0.15) is 13.2 Å². The lowest BCUT2D eigenvalue weighted by atomic mass is 10.2. The van der Waals surface area contributed by atoms with E-state index in [0.717, 1.165) is 0 Å². The molecular weight excluding hydrogens is 263 g/mol. The molecule has 1 saturated heterocycles. The van der Waals surface area contributed by atoms with Crippen molar-refractivity contribution in [3.05, 3.63) is 0 Å². The summed E-state index contributed by atoms with van der Waals surface area (Å²) in [6.45, 7) is 3.01. The number of carbonyl (C=O) groups is 1. The van der Waals surface area contributed by atoms with Crippen LogP contribution in [0.2, 0.25) is 0 Å². The minimum absolute atomic E-state index is 0.270. The predicted molar refractivity (Wildman–Crippen MR) is 63.5 cm³/mol. The maximum Gasteiger partial charge on any atom is 0.401 e. The van der Waals surface area contributed by atoms with Crippen LogP contribution >= 0.6 is 0 Å². The van der Waals surface area contributed by atoms with Crippen LogP contribution in [0.15, 0.2) is 0 Å². The highest BCUT2D eigenvalue weighted by Crippen LogP contribution is 2.17. The first-order valence-corrected chi connectivity index (χ1v) is 6.25. The fourth-order valence-electron chi connectivity index (χ4n) is 1.99. The summed E-state index contributed by atoms with van der Waals surface area (Å²) in [5, 5.41) is 0. The lowest BCUT2D eigenvalue weighted by molar-refractivity contribution is -0.149. The lowest BCUT2D eigenvalue weighted by Gasteiger charge is -2.35. The Morgan fingerprint density at radius 1 is 1.26 bits per heavy atom. The molecular formula is C11H20F3N3O2. The van der Waals surface area contributed by atoms with Crippen molar-refractivity contribution in [2.75, 3.05) is 45.9 Å². The first kappa shape index (κ1) is 16.2. The molecule has 0 bridgehead atoms. The highest BCUT2D eigenvalue weighted by Gasteiger charge is 2.32. The molecule has 112 valence electrons. The topological polar surface area (TPSA) is 58.8 Å². The van der Waals surface area contributed by atoms with E-state index in [1.807, 2.05) is 4.90 Å². The Kier molecular flexibility index (Phi) is 6.02. The number of carbonyl (C=O) groups excluding carboxylic acids is 1. The molecule has 1 heterocycles. The number of halogens is 3. The number of alkyl halides is 3. The first-order chi connectivity index (χ1) is 8.81. The molecule has 1 aliphatic heterocycles. The van der Waals surface area contributed by atoms with Crippen molar-refractivity contribution in [1.82, 2.24) is 9.80 Å². The van der Waals surface area contributed by atoms with Crippen molar-refractivity contribution in [2.24, 2.45) is 5.73 Å². The van der Waals surface area contributed by atoms with E-state index in [2.05, 4.69) is 0 Å². The van der Waals surface area contributed by atoms with Gasteiger partial charge >= 0.3 is 12.1 Å². The zero-order valence-corrected chi connectivity index (χ0v) is 10.9. The molecule has 1 atom stereocenters. The summed E-state index contributed by atoms with van der Waals surface area (Å²) < 4.78 is 41.4. The van der Waals surface area contributed by atoms with Gasteiger partial charge < -0.3 is 10.5 Å². The van der Waals surface area contributed by atoms with E-state index in [4.69, 9.17) is 10.5 Å². The van der Waals surface area contributed by atoms with Crippen LogP contribution in [0.5, 0.6) is 0 Å². The van der Waals surface area contributed by atoms with Crippen LogP contribution < -0.4 is 5.73 Å². The van der Waals surface area contributed by atoms with E-state index < -0.39 is 24.7 Å². The molecule has 1 unspecified atom stereocenters. The van der Waals surface area contributed by atoms with Crippen molar-refractivity contribution in [2.45, 2.75) is 19.1 Å². The molecule has 1 aliphatic rings. The van der Waals surface area contributed by atoms with Crippen molar-refractivity contribution in [3.63, 3.8) is 0 Å². The molecule has 5 nitrogen and oxygen atoms in total. The van der Waals surface area contributed by atoms with Crippen LogP contribution in [0.25, 0.3) is 0 Å². The Morgan fingerprint density at radius 2 is 1.79 bits per heavy atom. The Morgan fingerprint density at radius 3 is 2.26 bits per heavy atom. The van der Waals surface area contributed by atoms with Crippen molar-refractivity contribution in [3.8, 4) is 0 Å². The largest absolute Gasteiger partial charge is 0.465 e. The van der Waals surface area contributed by atoms with Crippen LogP contribution in [0.4, 0.5) is 13.2 Å². The van der Waals surface area contributed by atoms with Gasteiger partial charge in [0.1, 0.15) is 6.04 Å². The Hall–Kier alpha value is -0.860. The zero-order chi connectivity index (χ0) is 14.5. The summed E-state index contributed by atoms with van der Waals surface area (Å²) in [6.07, 6.45) is -4.16. The van der Waals surface area contributed by atoms with Crippen LogP contribution in [-0.2, 0) is 9.53 Å². The van der Waals surface area contributed by atoms with E-state index in [9.17, 15) is 18.0 Å². The summed E-state index contributed by atoms with van der Waals surface area (Å²) in [4.78, 5) is 14.6. The fraction of sp³-hybridized carbons (Fsp3) is 0.909. The van der Waals surface area contributed by atoms with Crippen molar-refractivity contribution in [1.29, 1.82) is 0 Å². The highest BCUT2D eigenvalue weighted by molar-refractivity contribution is 5.75. The quantitative estimate of drug-likeness (QED) is 0.723. The Labute approximate surface area is 110 Å². The standard InChI is InChI=1S/C11H20F3N3O2/c1-2-19-10(18)9(15)7-16-3-5-17(6-4-16)8-11(12,13)14/h9H,2-8,15H2,1H3. The highest BCUT2D eigenvalue weighted by atomic mass is 19.4. The maximum atomic E-state index is 12.2. The monoisotopic (exact) mass is 283 g/mol. The van der Waals surface area contributed by atoms with E-state index >= 15 is 0 Å². The molecule has 8 heteroatoms. The number of nitrogens with zero attached hydrogens (tertiary/aromatic N) is 2. The maximum absolute atomic E-state index is 12.2. The molecule has 1 rings (SSSR count). The summed E-state index contributed by atoms with van der Waals surface area (Å²) in [5.74, 6) is -0.472. The van der Waals surface area contributed by atoms with Crippen molar-refractivity contribution < 1.29 is 22.7 Å². The summed E-state index contributed by atoms with van der Waals surface area (Å²) in [6, 6.07) is -0.742. The average Bonchev–Trinajstić information content (AvgIpc) is 2.30. The van der Waals surface area contributed by atoms with E-state index in [1.54, 1.807) is 6.92 Å². The summed E-state index contributed by atoms with van der Waals surface area (Å²) >= 11 is 0. The molecule has 0 amide bonds. The molecule has 0 aliphatic carbocycles. The van der Waals surface area contributed by atoms with Gasteiger partial charge in [-0.15, -0.1) is 0 Å². The van der Waals surface area contributed by atoms with Gasteiger partial charge in [-0.3, -0.25) is 14.6 Å². The van der Waals surface area contributed by atoms with Gasteiger partial charge in [0, 0.05) is 32.7 Å². The number of esters is 1. The van der Waals surface area contributed by atoms with E-state index in [0.29, 0.717) is 32.7 Å². The third-order valence-electron chi connectivity index (χ3n) is 2.91. The third-order valence-corrected chi connectivity index (χ3v) is 2.91. The minimum Gasteiger partial charge on any atom is -0.465 e. The number of hydrogen-bond acceptors (Lipinski definition) is 5. The van der Waals surface area contributed by atoms with Gasteiger partial charge in [0.2, 0.25) is 0 Å². The van der Waals surface area contributed by atoms with Crippen LogP contribution in [0.3, 0.4) is 0 Å². The Bertz CT molecular complexity index is 291. The molecule has 1 fully saturated rings. The predicted octanol–water partition coefficient (Wildman–Crippen LogP) is 0.0567. The SMILES string of the molecule is CCOC(=O)C(N)CN1CCN(CC(F)(F)F)CC1. The van der Waals surface area contributed by atoms with Gasteiger partial charge in [0.15, 0.2) is 0 Å². The number of ether oxygens (including phenoxy) is 1. The first-order valence-electron chi connectivity index (χ1n) is 6.25. The van der Waals surface area contributed by atoms with Crippen LogP contribution in [0, 0.1) is 0 Å². The Balaban J connectivity index is 2.28. The number of piperazine rings is 1. The van der Waals surface area contributed by atoms with Crippen molar-refractivity contribution >= 4 is 5.97 Å². The second-order valence-electron chi connectivity index (χ2n) is 4.55. The number of hydrogen-bond donors (Lipinski definition) is 1. The van der Waals surface area contributed by atoms with Gasteiger partial charge in [-0.25, -0.2) is 0 Å². The van der Waals surface area contributed by atoms with Gasteiger partial charge in [-0.1, -0.05) is 0 Å². The van der Waals surface area contributed by atoms with Gasteiger partial charge in [0.25, 0.3) is 0 Å². The molecule has 0 aromatic heterocycles. The molecule has 0 saturated carbocycles. The second kappa shape index (κ2) is 7.06. The normalized spacial score (nSPS) is 20.3. The molecule has 0 aromatic rings. The third kappa shape index (κ3) is 6.22. The molecule has 19 heavy (non-hydrogen) atoms. The number of nitrogens with two attached hydrogens (primary N) is 1. The summed E-state index contributed by atoms with van der Waals surface area (Å²) in [7, 11) is 0. The van der Waals surface area contributed by atoms with Crippen LogP contribution in [0.1, 0.15) is 6.92 Å². The lowest BCUT2D eigenvalue weighted by Crippen LogP contribution is -2.53. The molecule has 0 aromatic carbocycles. The van der Waals surface area contributed by atoms with E-state index in [1.165, 1.54) is 4.90 Å². The minimum atomic E-state index is -4.16. The fourth-order valence-corrected chi connectivity index (χ4v) is 1.99. The van der Waals surface area contributed by atoms with Crippen LogP contribution in [-0.4, -0.2) is 73.9 Å². The molecule has 0 spiro atoms.